The summed E-state index contributed by atoms with van der Waals surface area (Å²) in [6.45, 7) is 4.13. The van der Waals surface area contributed by atoms with E-state index in [4.69, 9.17) is 11.6 Å². The van der Waals surface area contributed by atoms with Crippen LogP contribution in [0.4, 0.5) is 0 Å². The van der Waals surface area contributed by atoms with Gasteiger partial charge in [0.2, 0.25) is 5.91 Å². The molecule has 3 nitrogen and oxygen atoms in total. The van der Waals surface area contributed by atoms with Crippen LogP contribution in [0.5, 0.6) is 0 Å². The van der Waals surface area contributed by atoms with Gasteiger partial charge in [0.05, 0.1) is 5.71 Å². The third-order valence-corrected chi connectivity index (χ3v) is 3.09. The van der Waals surface area contributed by atoms with Crippen LogP contribution in [0.3, 0.4) is 0 Å². The van der Waals surface area contributed by atoms with Crippen LogP contribution >= 0.6 is 11.6 Å². The fourth-order valence-electron chi connectivity index (χ4n) is 1.71. The van der Waals surface area contributed by atoms with Crippen molar-refractivity contribution in [3.63, 3.8) is 0 Å². The third kappa shape index (κ3) is 5.88. The number of nitrogens with one attached hydrogen (secondary N) is 1. The summed E-state index contributed by atoms with van der Waals surface area (Å²) in [6.07, 6.45) is 4.41. The van der Waals surface area contributed by atoms with Crippen molar-refractivity contribution in [1.82, 2.24) is 5.43 Å². The molecule has 1 aromatic rings. The molecule has 0 bridgehead atoms. The van der Waals surface area contributed by atoms with Gasteiger partial charge in [0, 0.05) is 11.4 Å². The van der Waals surface area contributed by atoms with Gasteiger partial charge in [-0.05, 0) is 30.5 Å². The SMILES string of the molecule is CCCCCC(=O)N/N=C(\CC)c1ccc(Cl)cc1. The lowest BCUT2D eigenvalue weighted by Gasteiger charge is -2.05. The van der Waals surface area contributed by atoms with E-state index in [2.05, 4.69) is 17.5 Å². The van der Waals surface area contributed by atoms with E-state index in [0.717, 1.165) is 37.0 Å². The minimum absolute atomic E-state index is 0.0200. The first-order chi connectivity index (χ1) is 9.17. The second-order valence-electron chi connectivity index (χ2n) is 4.41. The molecule has 0 heterocycles. The van der Waals surface area contributed by atoms with Gasteiger partial charge in [0.1, 0.15) is 0 Å². The number of carbonyl (C=O) groups is 1. The molecule has 0 unspecified atom stereocenters. The van der Waals surface area contributed by atoms with Gasteiger partial charge in [-0.1, -0.05) is 50.4 Å². The van der Waals surface area contributed by atoms with Crippen molar-refractivity contribution in [2.24, 2.45) is 5.10 Å². The minimum atomic E-state index is -0.0200. The van der Waals surface area contributed by atoms with Gasteiger partial charge in [0.15, 0.2) is 0 Å². The van der Waals surface area contributed by atoms with E-state index in [0.29, 0.717) is 11.4 Å². The lowest BCUT2D eigenvalue weighted by molar-refractivity contribution is -0.121. The van der Waals surface area contributed by atoms with Gasteiger partial charge in [-0.2, -0.15) is 5.10 Å². The Kier molecular flexibility index (Phi) is 7.19. The van der Waals surface area contributed by atoms with E-state index in [1.54, 1.807) is 0 Å². The van der Waals surface area contributed by atoms with Gasteiger partial charge in [-0.15, -0.1) is 0 Å². The number of hydrogen-bond donors (Lipinski definition) is 1. The number of halogens is 1. The molecule has 1 aromatic carbocycles. The molecular weight excluding hydrogens is 260 g/mol. The van der Waals surface area contributed by atoms with Crippen molar-refractivity contribution in [3.05, 3.63) is 34.9 Å². The van der Waals surface area contributed by atoms with Crippen molar-refractivity contribution < 1.29 is 4.79 Å². The van der Waals surface area contributed by atoms with E-state index >= 15 is 0 Å². The Bertz CT molecular complexity index is 426. The van der Waals surface area contributed by atoms with Crippen molar-refractivity contribution in [2.75, 3.05) is 0 Å². The van der Waals surface area contributed by atoms with Crippen LogP contribution in [-0.2, 0) is 4.79 Å². The molecule has 19 heavy (non-hydrogen) atoms. The van der Waals surface area contributed by atoms with Gasteiger partial charge >= 0.3 is 0 Å². The zero-order chi connectivity index (χ0) is 14.1. The predicted molar refractivity (Wildman–Crippen MR) is 80.6 cm³/mol. The fourth-order valence-corrected chi connectivity index (χ4v) is 1.84. The maximum atomic E-state index is 11.6. The van der Waals surface area contributed by atoms with Crippen molar-refractivity contribution in [1.29, 1.82) is 0 Å². The van der Waals surface area contributed by atoms with Crippen molar-refractivity contribution in [3.8, 4) is 0 Å². The van der Waals surface area contributed by atoms with E-state index < -0.39 is 0 Å². The first-order valence-electron chi connectivity index (χ1n) is 6.78. The predicted octanol–water partition coefficient (Wildman–Crippen LogP) is 4.15. The zero-order valence-electron chi connectivity index (χ0n) is 11.6. The molecule has 1 rings (SSSR count). The highest BCUT2D eigenvalue weighted by atomic mass is 35.5. The fraction of sp³-hybridized carbons (Fsp3) is 0.467. The first kappa shape index (κ1) is 15.7. The molecule has 1 amide bonds. The molecule has 0 aromatic heterocycles. The van der Waals surface area contributed by atoms with Gasteiger partial charge in [-0.25, -0.2) is 5.43 Å². The second kappa shape index (κ2) is 8.70. The summed E-state index contributed by atoms with van der Waals surface area (Å²) >= 11 is 5.85. The number of unbranched alkanes of at least 4 members (excludes halogenated alkanes) is 2. The molecule has 4 heteroatoms. The van der Waals surface area contributed by atoms with E-state index in [9.17, 15) is 4.79 Å². The van der Waals surface area contributed by atoms with Crippen molar-refractivity contribution in [2.45, 2.75) is 46.0 Å². The quantitative estimate of drug-likeness (QED) is 0.455. The lowest BCUT2D eigenvalue weighted by atomic mass is 10.1. The average Bonchev–Trinajstić information content (AvgIpc) is 2.41. The summed E-state index contributed by atoms with van der Waals surface area (Å²) in [5, 5.41) is 4.89. The van der Waals surface area contributed by atoms with Gasteiger partial charge in [-0.3, -0.25) is 4.79 Å². The number of benzene rings is 1. The Morgan fingerprint density at radius 2 is 1.89 bits per heavy atom. The average molecular weight is 281 g/mol. The highest BCUT2D eigenvalue weighted by molar-refractivity contribution is 6.30. The molecule has 0 aliphatic heterocycles. The normalized spacial score (nSPS) is 11.4. The summed E-state index contributed by atoms with van der Waals surface area (Å²) in [5.74, 6) is -0.0200. The van der Waals surface area contributed by atoms with Crippen molar-refractivity contribution >= 4 is 23.2 Å². The second-order valence-corrected chi connectivity index (χ2v) is 4.85. The van der Waals surface area contributed by atoms with E-state index in [1.807, 2.05) is 31.2 Å². The standard InChI is InChI=1S/C15H21ClN2O/c1-3-5-6-7-15(19)18-17-14(4-2)12-8-10-13(16)11-9-12/h8-11H,3-7H2,1-2H3,(H,18,19)/b17-14+. The topological polar surface area (TPSA) is 41.5 Å². The molecule has 0 aliphatic rings. The lowest BCUT2D eigenvalue weighted by Crippen LogP contribution is -2.19. The molecule has 1 N–H and O–H groups in total. The number of hydrogen-bond acceptors (Lipinski definition) is 2. The molecule has 0 spiro atoms. The Morgan fingerprint density at radius 3 is 2.47 bits per heavy atom. The van der Waals surface area contributed by atoms with Crippen LogP contribution in [0.2, 0.25) is 5.02 Å². The number of rotatable bonds is 7. The largest absolute Gasteiger partial charge is 0.273 e. The van der Waals surface area contributed by atoms with Crippen LogP contribution < -0.4 is 5.43 Å². The first-order valence-corrected chi connectivity index (χ1v) is 7.16. The van der Waals surface area contributed by atoms with Crippen LogP contribution in [-0.4, -0.2) is 11.6 Å². The maximum absolute atomic E-state index is 11.6. The molecule has 0 aliphatic carbocycles. The molecule has 0 radical (unpaired) electrons. The molecule has 0 fully saturated rings. The minimum Gasteiger partial charge on any atom is -0.273 e. The number of amides is 1. The van der Waals surface area contributed by atoms with Crippen LogP contribution in [0.1, 0.15) is 51.5 Å². The Morgan fingerprint density at radius 1 is 1.21 bits per heavy atom. The maximum Gasteiger partial charge on any atom is 0.240 e. The monoisotopic (exact) mass is 280 g/mol. The Balaban J connectivity index is 2.57. The van der Waals surface area contributed by atoms with Gasteiger partial charge in [0.25, 0.3) is 0 Å². The molecule has 0 saturated carbocycles. The molecular formula is C15H21ClN2O. The molecule has 0 saturated heterocycles. The number of nitrogens with zero attached hydrogens (tertiary/aromatic N) is 1. The summed E-state index contributed by atoms with van der Waals surface area (Å²) in [5.41, 5.74) is 4.47. The van der Waals surface area contributed by atoms with Crippen LogP contribution in [0, 0.1) is 0 Å². The van der Waals surface area contributed by atoms with E-state index in [-0.39, 0.29) is 5.91 Å². The zero-order valence-corrected chi connectivity index (χ0v) is 12.3. The Hall–Kier alpha value is -1.35. The third-order valence-electron chi connectivity index (χ3n) is 2.84. The summed E-state index contributed by atoms with van der Waals surface area (Å²) in [4.78, 5) is 11.6. The highest BCUT2D eigenvalue weighted by Gasteiger charge is 2.03. The van der Waals surface area contributed by atoms with Crippen LogP contribution in [0.25, 0.3) is 0 Å². The Labute approximate surface area is 120 Å². The van der Waals surface area contributed by atoms with Crippen LogP contribution in [0.15, 0.2) is 29.4 Å². The smallest absolute Gasteiger partial charge is 0.240 e. The summed E-state index contributed by atoms with van der Waals surface area (Å²) in [7, 11) is 0. The number of carbonyl (C=O) groups excluding carboxylic acids is 1. The summed E-state index contributed by atoms with van der Waals surface area (Å²) < 4.78 is 0. The highest BCUT2D eigenvalue weighted by Crippen LogP contribution is 2.11. The number of hydrazone groups is 1. The van der Waals surface area contributed by atoms with Gasteiger partial charge < -0.3 is 0 Å². The van der Waals surface area contributed by atoms with E-state index in [1.165, 1.54) is 0 Å². The molecule has 104 valence electrons. The molecule has 0 atom stereocenters. The summed E-state index contributed by atoms with van der Waals surface area (Å²) in [6, 6.07) is 7.47.